The number of aromatic nitrogens is 2. The van der Waals surface area contributed by atoms with Crippen molar-refractivity contribution >= 4 is 27.8 Å². The van der Waals surface area contributed by atoms with Gasteiger partial charge in [0, 0.05) is 22.5 Å². The number of rotatable bonds is 2. The molecule has 1 fully saturated rings. The van der Waals surface area contributed by atoms with E-state index in [1.54, 1.807) is 12.4 Å². The van der Waals surface area contributed by atoms with E-state index in [2.05, 4.69) is 9.97 Å². The first-order chi connectivity index (χ1) is 10.2. The molecule has 106 valence electrons. The van der Waals surface area contributed by atoms with E-state index in [-0.39, 0.29) is 0 Å². The van der Waals surface area contributed by atoms with Gasteiger partial charge >= 0.3 is 5.97 Å². The molecule has 0 amide bonds. The van der Waals surface area contributed by atoms with E-state index in [1.807, 2.05) is 24.3 Å². The Morgan fingerprint density at radius 2 is 1.95 bits per heavy atom. The maximum absolute atomic E-state index is 11.8. The minimum Gasteiger partial charge on any atom is -0.481 e. The smallest absolute Gasteiger partial charge is 0.314 e. The van der Waals surface area contributed by atoms with Crippen molar-refractivity contribution in [3.63, 3.8) is 0 Å². The van der Waals surface area contributed by atoms with Gasteiger partial charge in [-0.15, -0.1) is 0 Å². The van der Waals surface area contributed by atoms with Crippen molar-refractivity contribution in [2.24, 2.45) is 0 Å². The zero-order valence-electron chi connectivity index (χ0n) is 11.6. The van der Waals surface area contributed by atoms with E-state index >= 15 is 0 Å². The average molecular weight is 280 g/mol. The summed E-state index contributed by atoms with van der Waals surface area (Å²) in [6.45, 7) is 0. The highest BCUT2D eigenvalue weighted by molar-refractivity contribution is 6.07. The van der Waals surface area contributed by atoms with Crippen LogP contribution < -0.4 is 0 Å². The predicted molar refractivity (Wildman–Crippen MR) is 81.4 cm³/mol. The molecule has 1 aliphatic rings. The second-order valence-corrected chi connectivity index (χ2v) is 5.90. The lowest BCUT2D eigenvalue weighted by Gasteiger charge is -2.24. The molecule has 4 nitrogen and oxygen atoms in total. The third-order valence-electron chi connectivity index (χ3n) is 4.82. The quantitative estimate of drug-likeness (QED) is 0.753. The number of H-pyrrole nitrogens is 1. The zero-order chi connectivity index (χ0) is 14.4. The van der Waals surface area contributed by atoms with Crippen molar-refractivity contribution in [3.05, 3.63) is 42.2 Å². The molecule has 0 spiro atoms. The van der Waals surface area contributed by atoms with E-state index in [9.17, 15) is 9.90 Å². The number of carboxylic acids is 1. The van der Waals surface area contributed by atoms with Crippen LogP contribution in [0.4, 0.5) is 0 Å². The van der Waals surface area contributed by atoms with Crippen LogP contribution >= 0.6 is 0 Å². The molecule has 3 aromatic rings. The first-order valence-corrected chi connectivity index (χ1v) is 7.30. The fraction of sp³-hybridized carbons (Fsp3) is 0.294. The highest BCUT2D eigenvalue weighted by atomic mass is 16.4. The van der Waals surface area contributed by atoms with E-state index in [0.717, 1.165) is 53.1 Å². The minimum atomic E-state index is -0.704. The van der Waals surface area contributed by atoms with Crippen molar-refractivity contribution in [3.8, 4) is 0 Å². The van der Waals surface area contributed by atoms with Crippen LogP contribution in [0.2, 0.25) is 0 Å². The molecule has 0 radical (unpaired) electrons. The number of nitrogens with one attached hydrogen (secondary N) is 1. The molecule has 2 N–H and O–H groups in total. The number of benzene rings is 1. The van der Waals surface area contributed by atoms with Crippen LogP contribution in [0.1, 0.15) is 31.2 Å². The summed E-state index contributed by atoms with van der Waals surface area (Å²) in [7, 11) is 0. The number of pyridine rings is 1. The lowest BCUT2D eigenvalue weighted by Crippen LogP contribution is -2.32. The average Bonchev–Trinajstić information content (AvgIpc) is 3.12. The second-order valence-electron chi connectivity index (χ2n) is 5.90. The molecule has 2 aromatic heterocycles. The Labute approximate surface area is 121 Å². The van der Waals surface area contributed by atoms with Gasteiger partial charge in [0.25, 0.3) is 0 Å². The largest absolute Gasteiger partial charge is 0.481 e. The number of carboxylic acid groups (broad SMARTS) is 1. The summed E-state index contributed by atoms with van der Waals surface area (Å²) in [6, 6.07) is 7.98. The number of fused-ring (bicyclic) bond motifs is 3. The van der Waals surface area contributed by atoms with Gasteiger partial charge in [-0.2, -0.15) is 0 Å². The number of hydrogen-bond donors (Lipinski definition) is 2. The van der Waals surface area contributed by atoms with Crippen LogP contribution in [0.25, 0.3) is 21.8 Å². The SMILES string of the molecule is O=C(O)C1(c2ccc3[nH]c4cnccc4c3c2)CCCC1. The standard InChI is InChI=1S/C17H16N2O2/c20-16(21)17(6-1-2-7-17)11-3-4-14-13(9-11)12-5-8-18-10-15(12)19-14/h3-5,8-10,19H,1-2,6-7H2,(H,20,21). The van der Waals surface area contributed by atoms with Crippen LogP contribution in [0.3, 0.4) is 0 Å². The Balaban J connectivity index is 1.97. The lowest BCUT2D eigenvalue weighted by atomic mass is 9.78. The topological polar surface area (TPSA) is 66.0 Å². The van der Waals surface area contributed by atoms with Crippen molar-refractivity contribution in [1.82, 2.24) is 9.97 Å². The van der Waals surface area contributed by atoms with Crippen molar-refractivity contribution in [2.45, 2.75) is 31.1 Å². The third-order valence-corrected chi connectivity index (χ3v) is 4.82. The number of nitrogens with zero attached hydrogens (tertiary/aromatic N) is 1. The summed E-state index contributed by atoms with van der Waals surface area (Å²) in [4.78, 5) is 19.3. The summed E-state index contributed by atoms with van der Waals surface area (Å²) >= 11 is 0. The van der Waals surface area contributed by atoms with Gasteiger partial charge in [-0.3, -0.25) is 9.78 Å². The molecule has 1 aliphatic carbocycles. The number of aromatic amines is 1. The predicted octanol–water partition coefficient (Wildman–Crippen LogP) is 3.61. The third kappa shape index (κ3) is 1.68. The number of aliphatic carboxylic acids is 1. The highest BCUT2D eigenvalue weighted by Crippen LogP contribution is 2.42. The molecule has 0 saturated heterocycles. The first-order valence-electron chi connectivity index (χ1n) is 7.30. The molecule has 1 saturated carbocycles. The molecule has 4 rings (SSSR count). The maximum atomic E-state index is 11.8. The van der Waals surface area contributed by atoms with Gasteiger partial charge < -0.3 is 10.1 Å². The van der Waals surface area contributed by atoms with Gasteiger partial charge in [0.05, 0.1) is 17.1 Å². The van der Waals surface area contributed by atoms with Crippen LogP contribution in [-0.4, -0.2) is 21.0 Å². The molecule has 2 heterocycles. The Hall–Kier alpha value is -2.36. The minimum absolute atomic E-state index is 0.694. The normalized spacial score (nSPS) is 17.5. The molecule has 1 aromatic carbocycles. The Morgan fingerprint density at radius 1 is 1.14 bits per heavy atom. The van der Waals surface area contributed by atoms with Crippen molar-refractivity contribution in [1.29, 1.82) is 0 Å². The van der Waals surface area contributed by atoms with Crippen LogP contribution in [0.5, 0.6) is 0 Å². The van der Waals surface area contributed by atoms with Gasteiger partial charge in [-0.05, 0) is 36.6 Å². The first kappa shape index (κ1) is 12.4. The highest BCUT2D eigenvalue weighted by Gasteiger charge is 2.42. The molecule has 0 unspecified atom stereocenters. The summed E-state index contributed by atoms with van der Waals surface area (Å²) in [5.74, 6) is -0.694. The van der Waals surface area contributed by atoms with Gasteiger partial charge in [0.2, 0.25) is 0 Å². The maximum Gasteiger partial charge on any atom is 0.314 e. The lowest BCUT2D eigenvalue weighted by molar-refractivity contribution is -0.143. The summed E-state index contributed by atoms with van der Waals surface area (Å²) in [5.41, 5.74) is 2.24. The molecule has 4 heteroatoms. The molecular weight excluding hydrogens is 264 g/mol. The van der Waals surface area contributed by atoms with Gasteiger partial charge in [-0.1, -0.05) is 18.9 Å². The molecule has 0 bridgehead atoms. The van der Waals surface area contributed by atoms with Crippen LogP contribution in [0.15, 0.2) is 36.7 Å². The molecule has 21 heavy (non-hydrogen) atoms. The van der Waals surface area contributed by atoms with Crippen molar-refractivity contribution < 1.29 is 9.90 Å². The van der Waals surface area contributed by atoms with E-state index in [0.29, 0.717) is 0 Å². The van der Waals surface area contributed by atoms with Crippen LogP contribution in [0, 0.1) is 0 Å². The molecule has 0 aliphatic heterocycles. The summed E-state index contributed by atoms with van der Waals surface area (Å²) < 4.78 is 0. The van der Waals surface area contributed by atoms with Gasteiger partial charge in [0.1, 0.15) is 0 Å². The van der Waals surface area contributed by atoms with Crippen molar-refractivity contribution in [2.75, 3.05) is 0 Å². The number of carbonyl (C=O) groups is 1. The van der Waals surface area contributed by atoms with Crippen LogP contribution in [-0.2, 0) is 10.2 Å². The van der Waals surface area contributed by atoms with E-state index < -0.39 is 11.4 Å². The van der Waals surface area contributed by atoms with Gasteiger partial charge in [-0.25, -0.2) is 0 Å². The Morgan fingerprint density at radius 3 is 2.71 bits per heavy atom. The van der Waals surface area contributed by atoms with Gasteiger partial charge in [0.15, 0.2) is 0 Å². The summed E-state index contributed by atoms with van der Waals surface area (Å²) in [5, 5.41) is 11.9. The Bertz CT molecular complexity index is 844. The fourth-order valence-corrected chi connectivity index (χ4v) is 3.65. The number of hydrogen-bond acceptors (Lipinski definition) is 2. The van der Waals surface area contributed by atoms with E-state index in [1.165, 1.54) is 0 Å². The Kier molecular flexibility index (Phi) is 2.55. The van der Waals surface area contributed by atoms with E-state index in [4.69, 9.17) is 0 Å². The molecule has 0 atom stereocenters. The monoisotopic (exact) mass is 280 g/mol. The second kappa shape index (κ2) is 4.32. The zero-order valence-corrected chi connectivity index (χ0v) is 11.6. The summed E-state index contributed by atoms with van der Waals surface area (Å²) in [6.07, 6.45) is 7.02. The fourth-order valence-electron chi connectivity index (χ4n) is 3.65. The molecular formula is C17H16N2O2.